The Kier molecular flexibility index (Phi) is 35.2. The van der Waals surface area contributed by atoms with Crippen molar-refractivity contribution in [2.45, 2.75) is 217 Å². The zero-order valence-electron chi connectivity index (χ0n) is 37.9. The largest absolute Gasteiger partial charge is 0.472 e. The van der Waals surface area contributed by atoms with Crippen LogP contribution in [0.15, 0.2) is 60.8 Å². The van der Waals surface area contributed by atoms with Crippen molar-refractivity contribution in [3.63, 3.8) is 0 Å². The van der Waals surface area contributed by atoms with E-state index in [1.807, 2.05) is 12.2 Å². The van der Waals surface area contributed by atoms with Crippen LogP contribution >= 0.6 is 7.82 Å². The van der Waals surface area contributed by atoms with Crippen molar-refractivity contribution < 1.29 is 63.1 Å². The number of hydrogen-bond donors (Lipinski definition) is 6. The van der Waals surface area contributed by atoms with Crippen molar-refractivity contribution in [2.75, 3.05) is 13.2 Å². The second-order valence-electron chi connectivity index (χ2n) is 16.3. The summed E-state index contributed by atoms with van der Waals surface area (Å²) in [7, 11) is -5.13. The molecule has 0 saturated heterocycles. The van der Waals surface area contributed by atoms with Gasteiger partial charge in [-0.2, -0.15) is 0 Å². The predicted molar refractivity (Wildman–Crippen MR) is 244 cm³/mol. The number of ether oxygens (including phenoxy) is 2. The van der Waals surface area contributed by atoms with Gasteiger partial charge in [-0.1, -0.05) is 145 Å². The van der Waals surface area contributed by atoms with Crippen LogP contribution in [0.2, 0.25) is 0 Å². The first kappa shape index (κ1) is 57.6. The number of esters is 2. The van der Waals surface area contributed by atoms with Crippen molar-refractivity contribution >= 4 is 19.8 Å². The van der Waals surface area contributed by atoms with Gasteiger partial charge in [0.15, 0.2) is 6.10 Å². The number of aliphatic hydroxyl groups is 5. The number of hydrogen-bond acceptors (Lipinski definition) is 12. The number of unbranched alkanes of at least 4 members (excludes halogenated alkanes) is 16. The van der Waals surface area contributed by atoms with Gasteiger partial charge in [0.05, 0.1) is 6.61 Å². The predicted octanol–water partition coefficient (Wildman–Crippen LogP) is 9.34. The van der Waals surface area contributed by atoms with E-state index in [2.05, 4.69) is 62.5 Å². The molecule has 62 heavy (non-hydrogen) atoms. The van der Waals surface area contributed by atoms with E-state index in [1.165, 1.54) is 64.2 Å². The Bertz CT molecular complexity index is 1320. The van der Waals surface area contributed by atoms with Crippen LogP contribution in [-0.2, 0) is 32.7 Å². The van der Waals surface area contributed by atoms with Gasteiger partial charge < -0.3 is 39.9 Å². The number of carbonyl (C=O) groups excluding carboxylic acids is 2. The summed E-state index contributed by atoms with van der Waals surface area (Å²) in [6.07, 6.45) is 32.8. The van der Waals surface area contributed by atoms with Gasteiger partial charge in [-0.15, -0.1) is 0 Å². The topological polar surface area (TPSA) is 210 Å². The first-order chi connectivity index (χ1) is 29.9. The molecule has 0 aromatic heterocycles. The summed E-state index contributed by atoms with van der Waals surface area (Å²) in [5.74, 6) is -1.18. The van der Waals surface area contributed by atoms with Crippen LogP contribution in [0, 0.1) is 0 Å². The molecule has 6 N–H and O–H groups in total. The smallest absolute Gasteiger partial charge is 0.462 e. The molecule has 1 aliphatic rings. The van der Waals surface area contributed by atoms with E-state index in [-0.39, 0.29) is 12.8 Å². The lowest BCUT2D eigenvalue weighted by Crippen LogP contribution is -2.64. The third kappa shape index (κ3) is 29.8. The maximum Gasteiger partial charge on any atom is 0.472 e. The summed E-state index contributed by atoms with van der Waals surface area (Å²) in [5.41, 5.74) is 0. The lowest BCUT2D eigenvalue weighted by Gasteiger charge is -2.41. The molecule has 1 aliphatic carbocycles. The van der Waals surface area contributed by atoms with Gasteiger partial charge in [0.25, 0.3) is 0 Å². The molecule has 1 rings (SSSR count). The third-order valence-electron chi connectivity index (χ3n) is 10.6. The molecule has 0 heterocycles. The van der Waals surface area contributed by atoms with Gasteiger partial charge in [-0.3, -0.25) is 18.6 Å². The molecule has 1 saturated carbocycles. The lowest BCUT2D eigenvalue weighted by molar-refractivity contribution is -0.220. The fourth-order valence-electron chi connectivity index (χ4n) is 6.74. The molecule has 0 spiro atoms. The van der Waals surface area contributed by atoms with Gasteiger partial charge in [-0.25, -0.2) is 4.57 Å². The molecule has 0 aliphatic heterocycles. The molecule has 13 nitrogen and oxygen atoms in total. The van der Waals surface area contributed by atoms with E-state index in [0.717, 1.165) is 64.2 Å². The van der Waals surface area contributed by atoms with Crippen molar-refractivity contribution in [3.8, 4) is 0 Å². The molecule has 0 bridgehead atoms. The van der Waals surface area contributed by atoms with Gasteiger partial charge in [0.2, 0.25) is 0 Å². The van der Waals surface area contributed by atoms with E-state index < -0.39 is 75.7 Å². The van der Waals surface area contributed by atoms with Crippen LogP contribution in [0.5, 0.6) is 0 Å². The van der Waals surface area contributed by atoms with Gasteiger partial charge >= 0.3 is 19.8 Å². The third-order valence-corrected chi connectivity index (χ3v) is 11.6. The normalized spacial score (nSPS) is 22.4. The maximum atomic E-state index is 12.8. The standard InChI is InChI=1S/C48H83O13P/c1-3-5-7-9-11-13-15-17-19-21-23-24-26-28-30-32-34-36-41(49)58-38-40(39-59-62(56,57)61-48-46(54)44(52)43(51)45(53)47(48)55)60-42(50)37-35-33-31-29-27-25-22-20-18-16-14-12-10-8-6-4-2/h11,13,17,19-20,22-24,28,30,40,43-48,51-55H,3-10,12,14-16,18,21,25-27,29,31-39H2,1-2H3,(H,56,57)/b13-11-,19-17-,22-20-,24-23-,30-28-/t40-,43?,44-,45?,46?,47?,48?/m1/s1. The van der Waals surface area contributed by atoms with Crippen molar-refractivity contribution in [3.05, 3.63) is 60.8 Å². The fraction of sp³-hybridized carbons (Fsp3) is 0.750. The number of phosphoric ester groups is 1. The first-order valence-corrected chi connectivity index (χ1v) is 25.1. The van der Waals surface area contributed by atoms with E-state index in [0.29, 0.717) is 19.3 Å². The lowest BCUT2D eigenvalue weighted by atomic mass is 9.85. The molecule has 0 aromatic carbocycles. The summed E-state index contributed by atoms with van der Waals surface area (Å²) in [4.78, 5) is 35.7. The van der Waals surface area contributed by atoms with E-state index in [9.17, 15) is 44.6 Å². The zero-order chi connectivity index (χ0) is 45.7. The Morgan fingerprint density at radius 1 is 0.500 bits per heavy atom. The molecular formula is C48H83O13P. The van der Waals surface area contributed by atoms with E-state index in [1.54, 1.807) is 0 Å². The molecule has 0 amide bonds. The van der Waals surface area contributed by atoms with Gasteiger partial charge in [0, 0.05) is 12.8 Å². The number of aliphatic hydroxyl groups excluding tert-OH is 5. The Labute approximate surface area is 373 Å². The van der Waals surface area contributed by atoms with Crippen LogP contribution in [0.4, 0.5) is 0 Å². The molecule has 0 radical (unpaired) electrons. The Balaban J connectivity index is 2.50. The van der Waals surface area contributed by atoms with Gasteiger partial charge in [-0.05, 0) is 77.0 Å². The number of carbonyl (C=O) groups is 2. The van der Waals surface area contributed by atoms with Crippen molar-refractivity contribution in [1.29, 1.82) is 0 Å². The summed E-state index contributed by atoms with van der Waals surface area (Å²) in [5, 5.41) is 50.2. The van der Waals surface area contributed by atoms with Crippen molar-refractivity contribution in [1.82, 2.24) is 0 Å². The second-order valence-corrected chi connectivity index (χ2v) is 17.7. The average Bonchev–Trinajstić information content (AvgIpc) is 3.25. The minimum atomic E-state index is -5.13. The Hall–Kier alpha value is -2.45. The highest BCUT2D eigenvalue weighted by atomic mass is 31.2. The average molecular weight is 899 g/mol. The zero-order valence-corrected chi connectivity index (χ0v) is 38.8. The highest BCUT2D eigenvalue weighted by Gasteiger charge is 2.51. The molecule has 358 valence electrons. The summed E-state index contributed by atoms with van der Waals surface area (Å²) >= 11 is 0. The highest BCUT2D eigenvalue weighted by molar-refractivity contribution is 7.47. The van der Waals surface area contributed by atoms with Gasteiger partial charge in [0.1, 0.15) is 43.2 Å². The fourth-order valence-corrected chi connectivity index (χ4v) is 7.72. The van der Waals surface area contributed by atoms with Crippen molar-refractivity contribution in [2.24, 2.45) is 0 Å². The second kappa shape index (κ2) is 37.9. The minimum Gasteiger partial charge on any atom is -0.462 e. The van der Waals surface area contributed by atoms with E-state index >= 15 is 0 Å². The highest BCUT2D eigenvalue weighted by Crippen LogP contribution is 2.47. The van der Waals surface area contributed by atoms with Crippen LogP contribution in [0.25, 0.3) is 0 Å². The minimum absolute atomic E-state index is 0.0731. The van der Waals surface area contributed by atoms with Crippen LogP contribution in [-0.4, -0.2) is 98.3 Å². The molecule has 0 aromatic rings. The van der Waals surface area contributed by atoms with Crippen LogP contribution in [0.3, 0.4) is 0 Å². The number of rotatable bonds is 38. The maximum absolute atomic E-state index is 12.8. The summed E-state index contributed by atoms with van der Waals surface area (Å²) in [6, 6.07) is 0. The number of phosphoric acid groups is 1. The van der Waals surface area contributed by atoms with Crippen LogP contribution in [0.1, 0.15) is 174 Å². The summed E-state index contributed by atoms with van der Waals surface area (Å²) in [6.45, 7) is 3.21. The number of allylic oxidation sites excluding steroid dienone is 10. The molecule has 8 atom stereocenters. The summed E-state index contributed by atoms with van der Waals surface area (Å²) < 4.78 is 33.5. The molecule has 6 unspecified atom stereocenters. The van der Waals surface area contributed by atoms with E-state index in [4.69, 9.17) is 18.5 Å². The quantitative estimate of drug-likeness (QED) is 0.0148. The Morgan fingerprint density at radius 2 is 0.887 bits per heavy atom. The SMILES string of the molecule is CCCCC/C=C\C/C=C\C/C=C\C/C=C\CCCC(=O)OC[C@H](COP(=O)(O)OC1C(O)C(O)C(O)[C@@H](O)C1O)OC(=O)CCCCCCC/C=C\CCCCCCCCC. The molecular weight excluding hydrogens is 815 g/mol. The Morgan fingerprint density at radius 3 is 1.42 bits per heavy atom. The van der Waals surface area contributed by atoms with Crippen LogP contribution < -0.4 is 0 Å². The first-order valence-electron chi connectivity index (χ1n) is 23.6. The molecule has 1 fully saturated rings. The molecule has 14 heteroatoms. The monoisotopic (exact) mass is 899 g/mol.